The minimum atomic E-state index is 0.447. The third-order valence-corrected chi connectivity index (χ3v) is 5.04. The molecular formula is C13H22N2S. The van der Waals surface area contributed by atoms with Crippen LogP contribution in [-0.4, -0.2) is 11.5 Å². The largest absolute Gasteiger partial charge is 0.309 e. The standard InChI is InChI=1S/C13H22N2S/c1-9(2)13(5-6-13)8-15-10(3)12-7-14-11(4)16-12/h7,9-10,15H,5-6,8H2,1-4H3. The Labute approximate surface area is 102 Å². The van der Waals surface area contributed by atoms with Crippen LogP contribution in [0.4, 0.5) is 0 Å². The van der Waals surface area contributed by atoms with Crippen molar-refractivity contribution in [3.8, 4) is 0 Å². The van der Waals surface area contributed by atoms with Crippen molar-refractivity contribution < 1.29 is 0 Å². The summed E-state index contributed by atoms with van der Waals surface area (Å²) in [6.45, 7) is 10.1. The second-order valence-corrected chi connectivity index (χ2v) is 6.67. The van der Waals surface area contributed by atoms with E-state index in [0.717, 1.165) is 17.5 Å². The van der Waals surface area contributed by atoms with Crippen LogP contribution in [0.3, 0.4) is 0 Å². The number of nitrogens with one attached hydrogen (secondary N) is 1. The Morgan fingerprint density at radius 3 is 2.56 bits per heavy atom. The van der Waals surface area contributed by atoms with Crippen LogP contribution >= 0.6 is 11.3 Å². The van der Waals surface area contributed by atoms with Gasteiger partial charge in [-0.15, -0.1) is 11.3 Å². The topological polar surface area (TPSA) is 24.9 Å². The fourth-order valence-electron chi connectivity index (χ4n) is 2.15. The average Bonchev–Trinajstić information content (AvgIpc) is 2.92. The lowest BCUT2D eigenvalue weighted by Crippen LogP contribution is -2.29. The molecule has 1 aromatic heterocycles. The van der Waals surface area contributed by atoms with E-state index in [4.69, 9.17) is 0 Å². The highest BCUT2D eigenvalue weighted by molar-refractivity contribution is 7.11. The quantitative estimate of drug-likeness (QED) is 0.848. The van der Waals surface area contributed by atoms with E-state index in [1.54, 1.807) is 11.3 Å². The Morgan fingerprint density at radius 2 is 2.12 bits per heavy atom. The summed E-state index contributed by atoms with van der Waals surface area (Å²) in [6.07, 6.45) is 4.80. The van der Waals surface area contributed by atoms with Crippen molar-refractivity contribution in [3.05, 3.63) is 16.1 Å². The first-order valence-corrected chi connectivity index (χ1v) is 7.01. The Balaban J connectivity index is 1.87. The zero-order valence-corrected chi connectivity index (χ0v) is 11.5. The molecule has 0 saturated heterocycles. The number of aromatic nitrogens is 1. The van der Waals surface area contributed by atoms with Crippen LogP contribution in [-0.2, 0) is 0 Å². The monoisotopic (exact) mass is 238 g/mol. The third kappa shape index (κ3) is 2.46. The van der Waals surface area contributed by atoms with E-state index < -0.39 is 0 Å². The first-order chi connectivity index (χ1) is 7.53. The molecule has 1 fully saturated rings. The Bertz CT molecular complexity index is 353. The summed E-state index contributed by atoms with van der Waals surface area (Å²) in [5.41, 5.74) is 0.591. The first-order valence-electron chi connectivity index (χ1n) is 6.19. The van der Waals surface area contributed by atoms with Crippen molar-refractivity contribution in [2.24, 2.45) is 11.3 Å². The lowest BCUT2D eigenvalue weighted by Gasteiger charge is -2.22. The second-order valence-electron chi connectivity index (χ2n) is 5.40. The van der Waals surface area contributed by atoms with Crippen LogP contribution < -0.4 is 5.32 Å². The van der Waals surface area contributed by atoms with Gasteiger partial charge in [0.1, 0.15) is 0 Å². The maximum atomic E-state index is 4.31. The molecule has 1 atom stereocenters. The predicted molar refractivity (Wildman–Crippen MR) is 69.8 cm³/mol. The molecule has 1 heterocycles. The van der Waals surface area contributed by atoms with Gasteiger partial charge in [-0.05, 0) is 38.0 Å². The SMILES string of the molecule is Cc1ncc(C(C)NCC2(C(C)C)CC2)s1. The predicted octanol–water partition coefficient (Wildman–Crippen LogP) is 3.54. The lowest BCUT2D eigenvalue weighted by molar-refractivity contribution is 0.326. The molecule has 0 spiro atoms. The van der Waals surface area contributed by atoms with Crippen molar-refractivity contribution in [3.63, 3.8) is 0 Å². The number of rotatable bonds is 5. The molecule has 0 aromatic carbocycles. The molecule has 2 nitrogen and oxygen atoms in total. The van der Waals surface area contributed by atoms with E-state index in [2.05, 4.69) is 38.0 Å². The molecule has 3 heteroatoms. The summed E-state index contributed by atoms with van der Waals surface area (Å²) >= 11 is 1.80. The van der Waals surface area contributed by atoms with Gasteiger partial charge in [0.2, 0.25) is 0 Å². The lowest BCUT2D eigenvalue weighted by atomic mass is 9.92. The fraction of sp³-hybridized carbons (Fsp3) is 0.769. The highest BCUT2D eigenvalue weighted by Crippen LogP contribution is 2.51. The summed E-state index contributed by atoms with van der Waals surface area (Å²) < 4.78 is 0. The molecule has 0 bridgehead atoms. The summed E-state index contributed by atoms with van der Waals surface area (Å²) in [7, 11) is 0. The average molecular weight is 238 g/mol. The second kappa shape index (κ2) is 4.46. The van der Waals surface area contributed by atoms with Crippen molar-refractivity contribution in [1.82, 2.24) is 10.3 Å². The van der Waals surface area contributed by atoms with Gasteiger partial charge in [0, 0.05) is 23.7 Å². The molecule has 1 N–H and O–H groups in total. The van der Waals surface area contributed by atoms with Crippen LogP contribution in [0.2, 0.25) is 0 Å². The van der Waals surface area contributed by atoms with E-state index in [9.17, 15) is 0 Å². The number of nitrogens with zero attached hydrogens (tertiary/aromatic N) is 1. The van der Waals surface area contributed by atoms with E-state index in [1.165, 1.54) is 17.7 Å². The molecule has 0 aliphatic heterocycles. The Morgan fingerprint density at radius 1 is 1.44 bits per heavy atom. The zero-order valence-electron chi connectivity index (χ0n) is 10.7. The Hall–Kier alpha value is -0.410. The Kier molecular flexibility index (Phi) is 3.36. The molecule has 2 rings (SSSR count). The van der Waals surface area contributed by atoms with E-state index >= 15 is 0 Å². The molecule has 1 unspecified atom stereocenters. The van der Waals surface area contributed by atoms with Gasteiger partial charge in [-0.25, -0.2) is 4.98 Å². The highest BCUT2D eigenvalue weighted by atomic mass is 32.1. The van der Waals surface area contributed by atoms with Gasteiger partial charge in [0.15, 0.2) is 0 Å². The van der Waals surface area contributed by atoms with Crippen LogP contribution in [0, 0.1) is 18.3 Å². The van der Waals surface area contributed by atoms with Crippen molar-refractivity contribution >= 4 is 11.3 Å². The van der Waals surface area contributed by atoms with E-state index in [0.29, 0.717) is 11.5 Å². The molecule has 16 heavy (non-hydrogen) atoms. The number of aryl methyl sites for hydroxylation is 1. The smallest absolute Gasteiger partial charge is 0.0897 e. The normalized spacial score (nSPS) is 20.1. The molecule has 1 aromatic rings. The van der Waals surface area contributed by atoms with E-state index in [1.807, 2.05) is 6.20 Å². The maximum Gasteiger partial charge on any atom is 0.0897 e. The maximum absolute atomic E-state index is 4.31. The third-order valence-electron chi connectivity index (χ3n) is 3.94. The summed E-state index contributed by atoms with van der Waals surface area (Å²) in [6, 6.07) is 0.447. The number of hydrogen-bond donors (Lipinski definition) is 1. The molecular weight excluding hydrogens is 216 g/mol. The van der Waals surface area contributed by atoms with Gasteiger partial charge < -0.3 is 5.32 Å². The van der Waals surface area contributed by atoms with Crippen molar-refractivity contribution in [2.45, 2.75) is 46.6 Å². The number of thiazole rings is 1. The molecule has 1 saturated carbocycles. The highest BCUT2D eigenvalue weighted by Gasteiger charge is 2.44. The van der Waals surface area contributed by atoms with Crippen LogP contribution in [0.15, 0.2) is 6.20 Å². The first kappa shape index (κ1) is 12.1. The van der Waals surface area contributed by atoms with Crippen LogP contribution in [0.1, 0.15) is 49.5 Å². The van der Waals surface area contributed by atoms with Crippen LogP contribution in [0.5, 0.6) is 0 Å². The molecule has 0 radical (unpaired) electrons. The van der Waals surface area contributed by atoms with E-state index in [-0.39, 0.29) is 0 Å². The minimum absolute atomic E-state index is 0.447. The van der Waals surface area contributed by atoms with Crippen molar-refractivity contribution in [2.75, 3.05) is 6.54 Å². The van der Waals surface area contributed by atoms with Gasteiger partial charge in [0.05, 0.1) is 5.01 Å². The summed E-state index contributed by atoms with van der Waals surface area (Å²) in [4.78, 5) is 5.67. The van der Waals surface area contributed by atoms with Gasteiger partial charge in [-0.2, -0.15) is 0 Å². The molecule has 90 valence electrons. The molecule has 1 aliphatic carbocycles. The minimum Gasteiger partial charge on any atom is -0.309 e. The fourth-order valence-corrected chi connectivity index (χ4v) is 2.97. The zero-order chi connectivity index (χ0) is 11.8. The van der Waals surface area contributed by atoms with Crippen molar-refractivity contribution in [1.29, 1.82) is 0 Å². The van der Waals surface area contributed by atoms with Gasteiger partial charge >= 0.3 is 0 Å². The summed E-state index contributed by atoms with van der Waals surface area (Å²) in [5.74, 6) is 0.801. The molecule has 1 aliphatic rings. The summed E-state index contributed by atoms with van der Waals surface area (Å²) in [5, 5.41) is 4.83. The molecule has 0 amide bonds. The van der Waals surface area contributed by atoms with Gasteiger partial charge in [0.25, 0.3) is 0 Å². The van der Waals surface area contributed by atoms with Gasteiger partial charge in [-0.3, -0.25) is 0 Å². The van der Waals surface area contributed by atoms with Crippen LogP contribution in [0.25, 0.3) is 0 Å². The number of hydrogen-bond acceptors (Lipinski definition) is 3. The van der Waals surface area contributed by atoms with Gasteiger partial charge in [-0.1, -0.05) is 13.8 Å².